The van der Waals surface area contributed by atoms with Crippen LogP contribution in [0.1, 0.15) is 5.56 Å². The zero-order valence-corrected chi connectivity index (χ0v) is 14.5. The third-order valence-electron chi connectivity index (χ3n) is 4.18. The molecule has 0 saturated heterocycles. The predicted molar refractivity (Wildman–Crippen MR) is 96.3 cm³/mol. The van der Waals surface area contributed by atoms with Crippen LogP contribution in [0, 0.1) is 6.92 Å². The number of aromatic amines is 1. The lowest BCUT2D eigenvalue weighted by molar-refractivity contribution is -0.596. The van der Waals surface area contributed by atoms with Gasteiger partial charge in [0.2, 0.25) is 0 Å². The van der Waals surface area contributed by atoms with E-state index in [0.29, 0.717) is 5.69 Å². The fourth-order valence-corrected chi connectivity index (χ4v) is 3.09. The van der Waals surface area contributed by atoms with Crippen LogP contribution in [0.3, 0.4) is 0 Å². The van der Waals surface area contributed by atoms with Gasteiger partial charge in [0, 0.05) is 23.0 Å². The number of nitrogens with one attached hydrogen (secondary N) is 1. The van der Waals surface area contributed by atoms with Crippen molar-refractivity contribution in [3.05, 3.63) is 95.0 Å². The summed E-state index contributed by atoms with van der Waals surface area (Å²) in [5, 5.41) is 1.05. The lowest BCUT2D eigenvalue weighted by Crippen LogP contribution is -3.00. The van der Waals surface area contributed by atoms with E-state index in [4.69, 9.17) is 0 Å². The first kappa shape index (κ1) is 16.9. The lowest BCUT2D eigenvalue weighted by atomic mass is 9.98. The van der Waals surface area contributed by atoms with E-state index >= 15 is 0 Å². The quantitative estimate of drug-likeness (QED) is 0.534. The number of aromatic nitrogens is 2. The highest BCUT2D eigenvalue weighted by Crippen LogP contribution is 2.30. The van der Waals surface area contributed by atoms with Gasteiger partial charge < -0.3 is 17.4 Å². The SMILES string of the molecule is Cc1ccc2[nH]c(=O)c(-[n+]3ccccc3)c(-c3ccccc3)c2c1.[Cl-]. The molecule has 0 aliphatic carbocycles. The van der Waals surface area contributed by atoms with E-state index in [1.54, 1.807) is 0 Å². The molecule has 124 valence electrons. The lowest BCUT2D eigenvalue weighted by Gasteiger charge is -2.10. The number of benzene rings is 2. The second kappa shape index (κ2) is 6.91. The highest BCUT2D eigenvalue weighted by atomic mass is 35.5. The zero-order valence-electron chi connectivity index (χ0n) is 13.7. The smallest absolute Gasteiger partial charge is 0.321 e. The van der Waals surface area contributed by atoms with Crippen LogP contribution < -0.4 is 22.5 Å². The van der Waals surface area contributed by atoms with Crippen molar-refractivity contribution >= 4 is 10.9 Å². The van der Waals surface area contributed by atoms with Gasteiger partial charge in [-0.05, 0) is 24.6 Å². The molecule has 2 aromatic carbocycles. The Morgan fingerprint density at radius 2 is 1.56 bits per heavy atom. The third-order valence-corrected chi connectivity index (χ3v) is 4.18. The fourth-order valence-electron chi connectivity index (χ4n) is 3.09. The van der Waals surface area contributed by atoms with E-state index in [2.05, 4.69) is 18.0 Å². The maximum absolute atomic E-state index is 12.8. The Labute approximate surface area is 152 Å². The fraction of sp³-hybridized carbons (Fsp3) is 0.0476. The zero-order chi connectivity index (χ0) is 16.5. The van der Waals surface area contributed by atoms with Crippen LogP contribution in [-0.2, 0) is 0 Å². The molecule has 3 nitrogen and oxygen atoms in total. The molecule has 0 radical (unpaired) electrons. The number of pyridine rings is 2. The molecule has 25 heavy (non-hydrogen) atoms. The average molecular weight is 349 g/mol. The first-order chi connectivity index (χ1) is 11.7. The summed E-state index contributed by atoms with van der Waals surface area (Å²) >= 11 is 0. The van der Waals surface area contributed by atoms with Gasteiger partial charge in [0.15, 0.2) is 12.4 Å². The van der Waals surface area contributed by atoms with Gasteiger partial charge in [-0.25, -0.2) is 0 Å². The Morgan fingerprint density at radius 1 is 0.880 bits per heavy atom. The van der Waals surface area contributed by atoms with E-state index in [1.165, 1.54) is 0 Å². The molecular formula is C21H17ClN2O. The minimum atomic E-state index is -0.0959. The second-order valence-corrected chi connectivity index (χ2v) is 5.88. The van der Waals surface area contributed by atoms with Crippen molar-refractivity contribution in [1.82, 2.24) is 4.98 Å². The Morgan fingerprint density at radius 3 is 2.28 bits per heavy atom. The highest BCUT2D eigenvalue weighted by molar-refractivity contribution is 5.97. The largest absolute Gasteiger partial charge is 1.00 e. The molecule has 1 N–H and O–H groups in total. The van der Waals surface area contributed by atoms with E-state index in [0.717, 1.165) is 27.6 Å². The number of hydrogen-bond donors (Lipinski definition) is 1. The van der Waals surface area contributed by atoms with Gasteiger partial charge in [-0.2, -0.15) is 4.57 Å². The number of H-pyrrole nitrogens is 1. The molecule has 0 spiro atoms. The predicted octanol–water partition coefficient (Wildman–Crippen LogP) is 0.784. The number of hydrogen-bond acceptors (Lipinski definition) is 1. The van der Waals surface area contributed by atoms with Gasteiger partial charge in [0.25, 0.3) is 5.69 Å². The Hall–Kier alpha value is -2.91. The van der Waals surface area contributed by atoms with Crippen LogP contribution in [0.15, 0.2) is 83.9 Å². The van der Waals surface area contributed by atoms with Crippen molar-refractivity contribution in [2.24, 2.45) is 0 Å². The summed E-state index contributed by atoms with van der Waals surface area (Å²) in [7, 11) is 0. The summed E-state index contributed by atoms with van der Waals surface area (Å²) in [5.41, 5.74) is 4.54. The Balaban J connectivity index is 0.00000182. The molecule has 2 heterocycles. The summed E-state index contributed by atoms with van der Waals surface area (Å²) in [6.07, 6.45) is 3.80. The first-order valence-corrected chi connectivity index (χ1v) is 7.93. The molecule has 2 aromatic heterocycles. The molecule has 0 amide bonds. The normalized spacial score (nSPS) is 10.4. The highest BCUT2D eigenvalue weighted by Gasteiger charge is 2.22. The van der Waals surface area contributed by atoms with Crippen molar-refractivity contribution in [3.63, 3.8) is 0 Å². The molecule has 0 aliphatic heterocycles. The molecular weight excluding hydrogens is 332 g/mol. The van der Waals surface area contributed by atoms with Crippen LogP contribution >= 0.6 is 0 Å². The standard InChI is InChI=1S/C21H16N2O.ClH/c1-15-10-11-18-17(14-15)19(16-8-4-2-5-9-16)20(21(24)22-18)23-12-6-3-7-13-23;/h2-14H,1H3;1H. The van der Waals surface area contributed by atoms with Crippen molar-refractivity contribution < 1.29 is 17.0 Å². The molecule has 0 atom stereocenters. The molecule has 0 aliphatic rings. The van der Waals surface area contributed by atoms with E-state index in [1.807, 2.05) is 77.6 Å². The van der Waals surface area contributed by atoms with E-state index < -0.39 is 0 Å². The number of fused-ring (bicyclic) bond motifs is 1. The average Bonchev–Trinajstić information content (AvgIpc) is 2.62. The van der Waals surface area contributed by atoms with Crippen LogP contribution in [0.2, 0.25) is 0 Å². The maximum atomic E-state index is 12.8. The van der Waals surface area contributed by atoms with Gasteiger partial charge >= 0.3 is 5.56 Å². The van der Waals surface area contributed by atoms with Gasteiger partial charge in [0.1, 0.15) is 0 Å². The second-order valence-electron chi connectivity index (χ2n) is 5.88. The van der Waals surface area contributed by atoms with Crippen LogP contribution in [-0.4, -0.2) is 4.98 Å². The molecule has 0 unspecified atom stereocenters. The van der Waals surface area contributed by atoms with Crippen LogP contribution in [0.25, 0.3) is 27.7 Å². The molecule has 4 rings (SSSR count). The monoisotopic (exact) mass is 348 g/mol. The van der Waals surface area contributed by atoms with Gasteiger partial charge in [-0.1, -0.05) is 48.0 Å². The van der Waals surface area contributed by atoms with Gasteiger partial charge in [0.05, 0.1) is 5.56 Å². The van der Waals surface area contributed by atoms with Crippen molar-refractivity contribution in [2.45, 2.75) is 6.92 Å². The molecule has 0 saturated carbocycles. The van der Waals surface area contributed by atoms with Crippen molar-refractivity contribution in [2.75, 3.05) is 0 Å². The van der Waals surface area contributed by atoms with Crippen LogP contribution in [0.5, 0.6) is 0 Å². The Kier molecular flexibility index (Phi) is 4.68. The van der Waals surface area contributed by atoms with E-state index in [-0.39, 0.29) is 18.0 Å². The minimum Gasteiger partial charge on any atom is -1.00 e. The first-order valence-electron chi connectivity index (χ1n) is 7.93. The van der Waals surface area contributed by atoms with Crippen molar-refractivity contribution in [3.8, 4) is 16.8 Å². The van der Waals surface area contributed by atoms with Gasteiger partial charge in [-0.3, -0.25) is 4.79 Å². The molecule has 0 fully saturated rings. The maximum Gasteiger partial charge on any atom is 0.321 e. The van der Waals surface area contributed by atoms with E-state index in [9.17, 15) is 4.79 Å². The third kappa shape index (κ3) is 3.06. The molecule has 0 bridgehead atoms. The summed E-state index contributed by atoms with van der Waals surface area (Å²) in [6.45, 7) is 2.06. The summed E-state index contributed by atoms with van der Waals surface area (Å²) in [6, 6.07) is 22.0. The number of aryl methyl sites for hydroxylation is 1. The van der Waals surface area contributed by atoms with Crippen molar-refractivity contribution in [1.29, 1.82) is 0 Å². The summed E-state index contributed by atoms with van der Waals surface area (Å²) < 4.78 is 1.88. The summed E-state index contributed by atoms with van der Waals surface area (Å²) in [5.74, 6) is 0. The number of halogens is 1. The topological polar surface area (TPSA) is 36.7 Å². The Bertz CT molecular complexity index is 1070. The molecule has 4 aromatic rings. The number of rotatable bonds is 2. The van der Waals surface area contributed by atoms with Gasteiger partial charge in [-0.15, -0.1) is 0 Å². The molecule has 4 heteroatoms. The summed E-state index contributed by atoms with van der Waals surface area (Å²) in [4.78, 5) is 15.9. The minimum absolute atomic E-state index is 0. The van der Waals surface area contributed by atoms with Crippen LogP contribution in [0.4, 0.5) is 0 Å². The number of nitrogens with zero attached hydrogens (tertiary/aromatic N) is 1.